The van der Waals surface area contributed by atoms with E-state index in [1.54, 1.807) is 6.92 Å². The molecule has 0 aromatic carbocycles. The quantitative estimate of drug-likeness (QED) is 0.654. The zero-order chi connectivity index (χ0) is 11.2. The van der Waals surface area contributed by atoms with Crippen molar-refractivity contribution in [2.45, 2.75) is 26.7 Å². The predicted molar refractivity (Wildman–Crippen MR) is 55.1 cm³/mol. The zero-order valence-electron chi connectivity index (χ0n) is 8.69. The van der Waals surface area contributed by atoms with Crippen molar-refractivity contribution in [2.75, 3.05) is 18.8 Å². The SMILES string of the molecule is CCCCN(CC(N)=O)S(=O)(=O)CC. The zero-order valence-corrected chi connectivity index (χ0v) is 9.51. The van der Waals surface area contributed by atoms with E-state index in [0.717, 1.165) is 17.1 Å². The summed E-state index contributed by atoms with van der Waals surface area (Å²) in [6.07, 6.45) is 1.63. The van der Waals surface area contributed by atoms with Crippen LogP contribution in [-0.4, -0.2) is 37.5 Å². The smallest absolute Gasteiger partial charge is 0.232 e. The Kier molecular flexibility index (Phi) is 5.71. The molecule has 6 heteroatoms. The molecule has 0 aliphatic heterocycles. The fourth-order valence-corrected chi connectivity index (χ4v) is 2.10. The van der Waals surface area contributed by atoms with Crippen LogP contribution in [0.25, 0.3) is 0 Å². The highest BCUT2D eigenvalue weighted by molar-refractivity contribution is 7.89. The third-order valence-electron chi connectivity index (χ3n) is 1.85. The largest absolute Gasteiger partial charge is 0.369 e. The maximum absolute atomic E-state index is 11.5. The van der Waals surface area contributed by atoms with E-state index in [1.165, 1.54) is 0 Å². The molecule has 0 atom stereocenters. The molecule has 5 nitrogen and oxygen atoms in total. The van der Waals surface area contributed by atoms with Gasteiger partial charge in [0.2, 0.25) is 15.9 Å². The van der Waals surface area contributed by atoms with Crippen molar-refractivity contribution in [1.29, 1.82) is 0 Å². The molecule has 0 fully saturated rings. The van der Waals surface area contributed by atoms with E-state index in [0.29, 0.717) is 6.54 Å². The average molecular weight is 222 g/mol. The molecule has 14 heavy (non-hydrogen) atoms. The number of unbranched alkanes of at least 4 members (excludes halogenated alkanes) is 1. The predicted octanol–water partition coefficient (Wildman–Crippen LogP) is -0.0765. The van der Waals surface area contributed by atoms with Crippen LogP contribution in [-0.2, 0) is 14.8 Å². The van der Waals surface area contributed by atoms with Gasteiger partial charge in [0.25, 0.3) is 0 Å². The molecule has 0 aromatic rings. The van der Waals surface area contributed by atoms with Gasteiger partial charge in [-0.3, -0.25) is 4.79 Å². The molecule has 0 heterocycles. The summed E-state index contributed by atoms with van der Waals surface area (Å²) in [4.78, 5) is 10.7. The molecule has 2 N–H and O–H groups in total. The molecule has 0 aliphatic rings. The number of nitrogens with two attached hydrogens (primary N) is 1. The molecule has 0 aromatic heterocycles. The summed E-state index contributed by atoms with van der Waals surface area (Å²) >= 11 is 0. The van der Waals surface area contributed by atoms with Crippen molar-refractivity contribution in [3.8, 4) is 0 Å². The first kappa shape index (κ1) is 13.4. The van der Waals surface area contributed by atoms with E-state index in [2.05, 4.69) is 0 Å². The highest BCUT2D eigenvalue weighted by Crippen LogP contribution is 2.03. The minimum Gasteiger partial charge on any atom is -0.369 e. The van der Waals surface area contributed by atoms with E-state index in [-0.39, 0.29) is 12.3 Å². The first-order valence-electron chi connectivity index (χ1n) is 4.70. The van der Waals surface area contributed by atoms with Crippen molar-refractivity contribution in [3.05, 3.63) is 0 Å². The Morgan fingerprint density at radius 2 is 1.93 bits per heavy atom. The van der Waals surface area contributed by atoms with Crippen LogP contribution >= 0.6 is 0 Å². The minimum absolute atomic E-state index is 0.00396. The normalized spacial score (nSPS) is 11.9. The van der Waals surface area contributed by atoms with Gasteiger partial charge in [-0.05, 0) is 13.3 Å². The number of rotatable bonds is 7. The van der Waals surface area contributed by atoms with E-state index in [1.807, 2.05) is 6.92 Å². The number of sulfonamides is 1. The molecule has 0 aliphatic carbocycles. The highest BCUT2D eigenvalue weighted by Gasteiger charge is 2.20. The summed E-state index contributed by atoms with van der Waals surface area (Å²) < 4.78 is 24.1. The van der Waals surface area contributed by atoms with Gasteiger partial charge in [-0.2, -0.15) is 4.31 Å². The van der Waals surface area contributed by atoms with Gasteiger partial charge in [0.1, 0.15) is 0 Å². The second-order valence-electron chi connectivity index (χ2n) is 3.05. The molecule has 0 saturated heterocycles. The molecule has 84 valence electrons. The van der Waals surface area contributed by atoms with Crippen LogP contribution in [0.1, 0.15) is 26.7 Å². The van der Waals surface area contributed by atoms with Gasteiger partial charge in [0.05, 0.1) is 12.3 Å². The molecule has 0 saturated carbocycles. The first-order chi connectivity index (χ1) is 6.44. The van der Waals surface area contributed by atoms with Crippen molar-refractivity contribution in [2.24, 2.45) is 5.73 Å². The molecule has 0 bridgehead atoms. The molecule has 0 spiro atoms. The maximum Gasteiger partial charge on any atom is 0.232 e. The van der Waals surface area contributed by atoms with Crippen LogP contribution in [0.2, 0.25) is 0 Å². The summed E-state index contributed by atoms with van der Waals surface area (Å²) in [6.45, 7) is 3.67. The first-order valence-corrected chi connectivity index (χ1v) is 6.31. The van der Waals surface area contributed by atoms with Crippen LogP contribution in [0.3, 0.4) is 0 Å². The van der Waals surface area contributed by atoms with Crippen LogP contribution in [0.5, 0.6) is 0 Å². The Morgan fingerprint density at radius 1 is 1.36 bits per heavy atom. The third-order valence-corrected chi connectivity index (χ3v) is 3.68. The summed E-state index contributed by atoms with van der Waals surface area (Å²) in [5.74, 6) is -0.609. The van der Waals surface area contributed by atoms with E-state index in [9.17, 15) is 13.2 Å². The summed E-state index contributed by atoms with van der Waals surface area (Å²) in [7, 11) is -3.30. The number of hydrogen-bond donors (Lipinski definition) is 1. The standard InChI is InChI=1S/C8H18N2O3S/c1-3-5-6-10(7-8(9)11)14(12,13)4-2/h3-7H2,1-2H3,(H2,9,11). The van der Waals surface area contributed by atoms with Gasteiger partial charge in [-0.1, -0.05) is 13.3 Å². The molecule has 1 amide bonds. The Bertz CT molecular complexity index is 274. The fraction of sp³-hybridized carbons (Fsp3) is 0.875. The van der Waals surface area contributed by atoms with Crippen LogP contribution in [0, 0.1) is 0 Å². The average Bonchev–Trinajstić information content (AvgIpc) is 2.11. The van der Waals surface area contributed by atoms with Crippen LogP contribution < -0.4 is 5.73 Å². The third kappa shape index (κ3) is 4.57. The number of hydrogen-bond acceptors (Lipinski definition) is 3. The highest BCUT2D eigenvalue weighted by atomic mass is 32.2. The minimum atomic E-state index is -3.30. The van der Waals surface area contributed by atoms with Gasteiger partial charge in [-0.25, -0.2) is 8.42 Å². The van der Waals surface area contributed by atoms with Crippen molar-refractivity contribution in [3.63, 3.8) is 0 Å². The molecule has 0 unspecified atom stereocenters. The number of carbonyl (C=O) groups is 1. The van der Waals surface area contributed by atoms with E-state index in [4.69, 9.17) is 5.73 Å². The summed E-state index contributed by atoms with van der Waals surface area (Å²) in [5, 5.41) is 0. The van der Waals surface area contributed by atoms with Crippen molar-refractivity contribution < 1.29 is 13.2 Å². The Morgan fingerprint density at radius 3 is 2.29 bits per heavy atom. The monoisotopic (exact) mass is 222 g/mol. The Balaban J connectivity index is 4.46. The van der Waals surface area contributed by atoms with Gasteiger partial charge in [0, 0.05) is 6.54 Å². The second kappa shape index (κ2) is 5.98. The number of nitrogens with zero attached hydrogens (tertiary/aromatic N) is 1. The lowest BCUT2D eigenvalue weighted by Gasteiger charge is -2.19. The topological polar surface area (TPSA) is 80.5 Å². The fourth-order valence-electron chi connectivity index (χ4n) is 1.01. The number of primary amides is 1. The summed E-state index contributed by atoms with van der Waals surface area (Å²) in [6, 6.07) is 0. The van der Waals surface area contributed by atoms with Crippen molar-refractivity contribution >= 4 is 15.9 Å². The maximum atomic E-state index is 11.5. The molecular weight excluding hydrogens is 204 g/mol. The lowest BCUT2D eigenvalue weighted by molar-refractivity contribution is -0.118. The van der Waals surface area contributed by atoms with E-state index < -0.39 is 15.9 Å². The van der Waals surface area contributed by atoms with Gasteiger partial charge in [-0.15, -0.1) is 0 Å². The second-order valence-corrected chi connectivity index (χ2v) is 5.31. The van der Waals surface area contributed by atoms with Crippen molar-refractivity contribution in [1.82, 2.24) is 4.31 Å². The van der Waals surface area contributed by atoms with Gasteiger partial charge >= 0.3 is 0 Å². The number of carbonyl (C=O) groups excluding carboxylic acids is 1. The van der Waals surface area contributed by atoms with Crippen LogP contribution in [0.15, 0.2) is 0 Å². The summed E-state index contributed by atoms with van der Waals surface area (Å²) in [5.41, 5.74) is 4.97. The van der Waals surface area contributed by atoms with Gasteiger partial charge in [0.15, 0.2) is 0 Å². The van der Waals surface area contributed by atoms with Crippen LogP contribution in [0.4, 0.5) is 0 Å². The molecule has 0 radical (unpaired) electrons. The molecule has 0 rings (SSSR count). The molecular formula is C8H18N2O3S. The lowest BCUT2D eigenvalue weighted by atomic mass is 10.3. The Labute approximate surface area is 85.3 Å². The lowest BCUT2D eigenvalue weighted by Crippen LogP contribution is -2.39. The van der Waals surface area contributed by atoms with E-state index >= 15 is 0 Å². The number of amides is 1. The Hall–Kier alpha value is -0.620. The van der Waals surface area contributed by atoms with Gasteiger partial charge < -0.3 is 5.73 Å².